The first-order chi connectivity index (χ1) is 19.4. The lowest BCUT2D eigenvalue weighted by atomic mass is 10.1. The van der Waals surface area contributed by atoms with Gasteiger partial charge in [0.15, 0.2) is 0 Å². The SMILES string of the molecule is CC[C@@H](C=O)NC(=O)CN1C(=O)[C@@H](NC(=O)CCc2ccccc2)CN(C(=O)c2ccccc2)c2ccccc21. The highest BCUT2D eigenvalue weighted by Gasteiger charge is 2.38. The number of benzene rings is 3. The average Bonchev–Trinajstić information content (AvgIpc) is 3.10. The second-order valence-corrected chi connectivity index (χ2v) is 9.52. The van der Waals surface area contributed by atoms with Crippen LogP contribution < -0.4 is 20.4 Å². The van der Waals surface area contributed by atoms with Crippen LogP contribution in [0.15, 0.2) is 84.9 Å². The van der Waals surface area contributed by atoms with E-state index in [1.807, 2.05) is 30.3 Å². The number of carbonyl (C=O) groups is 5. The van der Waals surface area contributed by atoms with Crippen molar-refractivity contribution in [3.05, 3.63) is 96.1 Å². The van der Waals surface area contributed by atoms with Crippen LogP contribution in [-0.4, -0.2) is 55.1 Å². The molecule has 3 aromatic rings. The summed E-state index contributed by atoms with van der Waals surface area (Å²) >= 11 is 0. The van der Waals surface area contributed by atoms with Crippen molar-refractivity contribution in [2.75, 3.05) is 22.9 Å². The first-order valence-electron chi connectivity index (χ1n) is 13.3. The van der Waals surface area contributed by atoms with Crippen LogP contribution in [0.5, 0.6) is 0 Å². The molecule has 206 valence electrons. The Bertz CT molecular complexity index is 1360. The van der Waals surface area contributed by atoms with Crippen molar-refractivity contribution in [2.24, 2.45) is 0 Å². The van der Waals surface area contributed by atoms with Gasteiger partial charge in [0.2, 0.25) is 11.8 Å². The third-order valence-electron chi connectivity index (χ3n) is 6.73. The Balaban J connectivity index is 1.65. The number of nitrogens with one attached hydrogen (secondary N) is 2. The number of aldehydes is 1. The minimum atomic E-state index is -1.11. The molecule has 0 saturated heterocycles. The molecule has 4 amide bonds. The summed E-state index contributed by atoms with van der Waals surface area (Å²) in [6.45, 7) is 1.26. The molecule has 4 rings (SSSR count). The van der Waals surface area contributed by atoms with Crippen LogP contribution >= 0.6 is 0 Å². The number of hydrogen-bond acceptors (Lipinski definition) is 5. The molecule has 1 aliphatic heterocycles. The molecule has 0 aromatic heterocycles. The molecule has 40 heavy (non-hydrogen) atoms. The summed E-state index contributed by atoms with van der Waals surface area (Å²) in [7, 11) is 0. The van der Waals surface area contributed by atoms with E-state index in [-0.39, 0.29) is 31.3 Å². The number of para-hydroxylation sites is 2. The van der Waals surface area contributed by atoms with Gasteiger partial charge in [-0.2, -0.15) is 0 Å². The van der Waals surface area contributed by atoms with Crippen LogP contribution in [0.4, 0.5) is 11.4 Å². The summed E-state index contributed by atoms with van der Waals surface area (Å²) in [6.07, 6.45) is 1.67. The van der Waals surface area contributed by atoms with E-state index in [0.717, 1.165) is 5.56 Å². The lowest BCUT2D eigenvalue weighted by Gasteiger charge is -2.25. The zero-order valence-electron chi connectivity index (χ0n) is 22.3. The van der Waals surface area contributed by atoms with Gasteiger partial charge in [0, 0.05) is 12.0 Å². The number of rotatable bonds is 10. The summed E-state index contributed by atoms with van der Waals surface area (Å²) in [6, 6.07) is 23.2. The molecule has 2 atom stereocenters. The molecule has 0 unspecified atom stereocenters. The highest BCUT2D eigenvalue weighted by atomic mass is 16.2. The van der Waals surface area contributed by atoms with Crippen LogP contribution in [0.3, 0.4) is 0 Å². The topological polar surface area (TPSA) is 116 Å². The van der Waals surface area contributed by atoms with Crippen molar-refractivity contribution in [2.45, 2.75) is 38.3 Å². The molecule has 0 aliphatic carbocycles. The Kier molecular flexibility index (Phi) is 9.40. The number of amides is 4. The van der Waals surface area contributed by atoms with Crippen molar-refractivity contribution in [1.82, 2.24) is 10.6 Å². The van der Waals surface area contributed by atoms with Gasteiger partial charge in [-0.05, 0) is 42.7 Å². The van der Waals surface area contributed by atoms with E-state index in [0.29, 0.717) is 36.1 Å². The summed E-state index contributed by atoms with van der Waals surface area (Å²) in [5, 5.41) is 5.43. The van der Waals surface area contributed by atoms with E-state index in [1.54, 1.807) is 61.5 Å². The smallest absolute Gasteiger partial charge is 0.258 e. The fourth-order valence-corrected chi connectivity index (χ4v) is 4.58. The number of nitrogens with zero attached hydrogens (tertiary/aromatic N) is 2. The summed E-state index contributed by atoms with van der Waals surface area (Å²) < 4.78 is 0. The molecule has 0 fully saturated rings. The van der Waals surface area contributed by atoms with Gasteiger partial charge in [0.1, 0.15) is 18.9 Å². The molecular formula is C31H32N4O5. The molecule has 0 bridgehead atoms. The second kappa shape index (κ2) is 13.3. The maximum atomic E-state index is 13.9. The zero-order chi connectivity index (χ0) is 28.5. The van der Waals surface area contributed by atoms with Crippen molar-refractivity contribution >= 4 is 41.3 Å². The van der Waals surface area contributed by atoms with Crippen molar-refractivity contribution in [3.8, 4) is 0 Å². The van der Waals surface area contributed by atoms with Crippen molar-refractivity contribution in [1.29, 1.82) is 0 Å². The van der Waals surface area contributed by atoms with Crippen LogP contribution in [0.1, 0.15) is 35.7 Å². The van der Waals surface area contributed by atoms with Gasteiger partial charge >= 0.3 is 0 Å². The highest BCUT2D eigenvalue weighted by molar-refractivity contribution is 6.13. The van der Waals surface area contributed by atoms with E-state index in [9.17, 15) is 24.0 Å². The molecule has 3 aromatic carbocycles. The van der Waals surface area contributed by atoms with E-state index in [1.165, 1.54) is 9.80 Å². The highest BCUT2D eigenvalue weighted by Crippen LogP contribution is 2.33. The van der Waals surface area contributed by atoms with Crippen LogP contribution in [-0.2, 0) is 25.6 Å². The van der Waals surface area contributed by atoms with Crippen molar-refractivity contribution < 1.29 is 24.0 Å². The van der Waals surface area contributed by atoms with Crippen LogP contribution in [0.25, 0.3) is 0 Å². The largest absolute Gasteiger partial charge is 0.345 e. The minimum absolute atomic E-state index is 0.120. The van der Waals surface area contributed by atoms with Gasteiger partial charge in [0.25, 0.3) is 11.8 Å². The Morgan fingerprint density at radius 3 is 2.17 bits per heavy atom. The average molecular weight is 541 g/mol. The maximum Gasteiger partial charge on any atom is 0.258 e. The normalized spacial score (nSPS) is 15.4. The van der Waals surface area contributed by atoms with E-state index >= 15 is 0 Å². The second-order valence-electron chi connectivity index (χ2n) is 9.52. The van der Waals surface area contributed by atoms with Gasteiger partial charge in [-0.1, -0.05) is 67.6 Å². The summed E-state index contributed by atoms with van der Waals surface area (Å²) in [5.74, 6) is -1.75. The predicted octanol–water partition coefficient (Wildman–Crippen LogP) is 2.89. The lowest BCUT2D eigenvalue weighted by molar-refractivity contribution is -0.128. The van der Waals surface area contributed by atoms with Gasteiger partial charge in [0.05, 0.1) is 24.0 Å². The fourth-order valence-electron chi connectivity index (χ4n) is 4.58. The van der Waals surface area contributed by atoms with Gasteiger partial charge in [-0.3, -0.25) is 24.1 Å². The predicted molar refractivity (Wildman–Crippen MR) is 152 cm³/mol. The molecule has 0 saturated carbocycles. The third-order valence-corrected chi connectivity index (χ3v) is 6.73. The molecule has 9 heteroatoms. The number of hydrogen-bond donors (Lipinski definition) is 2. The van der Waals surface area contributed by atoms with Gasteiger partial charge < -0.3 is 20.3 Å². The Hall–Kier alpha value is -4.79. The first kappa shape index (κ1) is 28.2. The lowest BCUT2D eigenvalue weighted by Crippen LogP contribution is -2.54. The quantitative estimate of drug-likeness (QED) is 0.384. The number of carbonyl (C=O) groups excluding carboxylic acids is 5. The molecule has 9 nitrogen and oxygen atoms in total. The standard InChI is InChI=1S/C31H32N4O5/c1-2-24(21-36)32-29(38)20-35-27-16-10-9-15-26(27)34(30(39)23-13-7-4-8-14-23)19-25(31(35)40)33-28(37)18-17-22-11-5-3-6-12-22/h3-16,21,24-25H,2,17-20H2,1H3,(H,32,38)(H,33,37)/t24-,25-/m0/s1. The molecule has 1 aliphatic rings. The minimum Gasteiger partial charge on any atom is -0.345 e. The van der Waals surface area contributed by atoms with Crippen LogP contribution in [0, 0.1) is 0 Å². The molecular weight excluding hydrogens is 508 g/mol. The molecule has 1 heterocycles. The molecule has 2 N–H and O–H groups in total. The first-order valence-corrected chi connectivity index (χ1v) is 13.3. The van der Waals surface area contributed by atoms with E-state index in [2.05, 4.69) is 10.6 Å². The van der Waals surface area contributed by atoms with Crippen LogP contribution in [0.2, 0.25) is 0 Å². The zero-order valence-corrected chi connectivity index (χ0v) is 22.3. The summed E-state index contributed by atoms with van der Waals surface area (Å²) in [5.41, 5.74) is 2.19. The summed E-state index contributed by atoms with van der Waals surface area (Å²) in [4.78, 5) is 67.5. The Morgan fingerprint density at radius 1 is 0.900 bits per heavy atom. The fraction of sp³-hybridized carbons (Fsp3) is 0.258. The Morgan fingerprint density at radius 2 is 1.52 bits per heavy atom. The van der Waals surface area contributed by atoms with E-state index < -0.39 is 23.9 Å². The van der Waals surface area contributed by atoms with E-state index in [4.69, 9.17) is 0 Å². The Labute approximate surface area is 233 Å². The third kappa shape index (κ3) is 6.79. The molecule has 0 spiro atoms. The number of anilines is 2. The molecule has 0 radical (unpaired) electrons. The number of aryl methyl sites for hydroxylation is 1. The monoisotopic (exact) mass is 540 g/mol. The maximum absolute atomic E-state index is 13.9. The van der Waals surface area contributed by atoms with Crippen molar-refractivity contribution in [3.63, 3.8) is 0 Å². The number of fused-ring (bicyclic) bond motifs is 1. The van der Waals surface area contributed by atoms with Gasteiger partial charge in [-0.25, -0.2) is 0 Å². The van der Waals surface area contributed by atoms with Gasteiger partial charge in [-0.15, -0.1) is 0 Å².